The molecule has 0 radical (unpaired) electrons. The molecule has 176 valence electrons. The van der Waals surface area contributed by atoms with Gasteiger partial charge in [-0.05, 0) is 41.8 Å². The third kappa shape index (κ3) is 4.78. The summed E-state index contributed by atoms with van der Waals surface area (Å²) in [6.07, 6.45) is 1.53. The molecule has 5 rings (SSSR count). The van der Waals surface area contributed by atoms with Crippen molar-refractivity contribution in [3.63, 3.8) is 0 Å². The van der Waals surface area contributed by atoms with E-state index in [1.165, 1.54) is 0 Å². The summed E-state index contributed by atoms with van der Waals surface area (Å²) in [7, 11) is -1.30. The first-order valence-electron chi connectivity index (χ1n) is 11.8. The number of aryl methyl sites for hydroxylation is 1. The maximum absolute atomic E-state index is 13.4. The predicted molar refractivity (Wildman–Crippen MR) is 141 cm³/mol. The molecule has 4 aromatic rings. The highest BCUT2D eigenvalue weighted by Crippen LogP contribution is 2.41. The quantitative estimate of drug-likeness (QED) is 0.274. The third-order valence-corrected chi connectivity index (χ3v) is 7.90. The van der Waals surface area contributed by atoms with Crippen LogP contribution in [0.15, 0.2) is 131 Å². The summed E-state index contributed by atoms with van der Waals surface area (Å²) < 4.78 is 26.3. The van der Waals surface area contributed by atoms with Gasteiger partial charge in [-0.15, -0.1) is 0 Å². The summed E-state index contributed by atoms with van der Waals surface area (Å²) in [5, 5.41) is 0. The monoisotopic (exact) mass is 480 g/mol. The summed E-state index contributed by atoms with van der Waals surface area (Å²) in [6.45, 7) is 2.72. The lowest BCUT2D eigenvalue weighted by molar-refractivity contribution is -0.0385. The maximum atomic E-state index is 13.4. The maximum Gasteiger partial charge on any atom is 0.143 e. The van der Waals surface area contributed by atoms with Crippen LogP contribution in [0.1, 0.15) is 22.3 Å². The number of benzene rings is 4. The van der Waals surface area contributed by atoms with Gasteiger partial charge in [0.1, 0.15) is 11.7 Å². The van der Waals surface area contributed by atoms with Crippen molar-refractivity contribution in [2.24, 2.45) is 0 Å². The zero-order valence-corrected chi connectivity index (χ0v) is 20.5. The van der Waals surface area contributed by atoms with Crippen LogP contribution in [0.2, 0.25) is 0 Å². The summed E-state index contributed by atoms with van der Waals surface area (Å²) >= 11 is 0. The molecule has 0 fully saturated rings. The summed E-state index contributed by atoms with van der Waals surface area (Å²) in [5.74, 6) is 0. The Morgan fingerprint density at radius 3 is 1.74 bits per heavy atom. The molecular weight excluding hydrogens is 452 g/mol. The van der Waals surface area contributed by atoms with Crippen LogP contribution in [0.3, 0.4) is 0 Å². The van der Waals surface area contributed by atoms with Gasteiger partial charge in [0, 0.05) is 4.90 Å². The molecule has 0 saturated heterocycles. The van der Waals surface area contributed by atoms with E-state index in [1.807, 2.05) is 91.9 Å². The van der Waals surface area contributed by atoms with Gasteiger partial charge in [-0.3, -0.25) is 0 Å². The highest BCUT2D eigenvalue weighted by molar-refractivity contribution is 7.89. The van der Waals surface area contributed by atoms with Crippen molar-refractivity contribution in [1.29, 1.82) is 0 Å². The first-order chi connectivity index (χ1) is 17.2. The fourth-order valence-corrected chi connectivity index (χ4v) is 5.80. The van der Waals surface area contributed by atoms with E-state index < -0.39 is 22.5 Å². The first kappa shape index (κ1) is 23.4. The van der Waals surface area contributed by atoms with Gasteiger partial charge < -0.3 is 9.47 Å². The van der Waals surface area contributed by atoms with Crippen LogP contribution in [0.25, 0.3) is 0 Å². The van der Waals surface area contributed by atoms with Crippen molar-refractivity contribution in [3.8, 4) is 0 Å². The Balaban J connectivity index is 1.52. The average molecular weight is 481 g/mol. The van der Waals surface area contributed by atoms with E-state index in [1.54, 1.807) is 0 Å². The molecule has 0 saturated carbocycles. The second kappa shape index (κ2) is 10.5. The van der Waals surface area contributed by atoms with E-state index in [-0.39, 0.29) is 6.61 Å². The van der Waals surface area contributed by atoms with E-state index in [9.17, 15) is 4.21 Å². The van der Waals surface area contributed by atoms with Crippen LogP contribution in [-0.4, -0.2) is 23.5 Å². The van der Waals surface area contributed by atoms with Crippen molar-refractivity contribution in [3.05, 3.63) is 148 Å². The van der Waals surface area contributed by atoms with E-state index >= 15 is 0 Å². The van der Waals surface area contributed by atoms with Gasteiger partial charge in [0.25, 0.3) is 0 Å². The minimum atomic E-state index is -1.30. The number of hydrogen-bond donors (Lipinski definition) is 0. The van der Waals surface area contributed by atoms with Crippen LogP contribution in [0, 0.1) is 6.92 Å². The van der Waals surface area contributed by atoms with Crippen LogP contribution >= 0.6 is 0 Å². The Hall–Kier alpha value is -3.31. The summed E-state index contributed by atoms with van der Waals surface area (Å²) in [6, 6.07) is 38.6. The van der Waals surface area contributed by atoms with E-state index in [0.717, 1.165) is 32.1 Å². The largest absolute Gasteiger partial charge is 0.366 e. The Bertz CT molecular complexity index is 1200. The third-order valence-electron chi connectivity index (χ3n) is 6.34. The van der Waals surface area contributed by atoms with Gasteiger partial charge >= 0.3 is 0 Å². The van der Waals surface area contributed by atoms with Crippen molar-refractivity contribution in [2.75, 3.05) is 13.2 Å². The fourth-order valence-electron chi connectivity index (χ4n) is 4.55. The topological polar surface area (TPSA) is 35.5 Å². The number of ether oxygens (including phenoxy) is 2. The smallest absolute Gasteiger partial charge is 0.143 e. The van der Waals surface area contributed by atoms with Crippen molar-refractivity contribution in [1.82, 2.24) is 0 Å². The molecular formula is C31H28O3S. The Labute approximate surface area is 209 Å². The Morgan fingerprint density at radius 1 is 0.771 bits per heavy atom. The van der Waals surface area contributed by atoms with Crippen LogP contribution in [0.5, 0.6) is 0 Å². The van der Waals surface area contributed by atoms with E-state index in [2.05, 4.69) is 36.4 Å². The van der Waals surface area contributed by atoms with Gasteiger partial charge in [-0.2, -0.15) is 0 Å². The highest BCUT2D eigenvalue weighted by Gasteiger charge is 2.39. The van der Waals surface area contributed by atoms with Gasteiger partial charge in [0.2, 0.25) is 0 Å². The molecule has 0 bridgehead atoms. The molecule has 4 aromatic carbocycles. The minimum absolute atomic E-state index is 0.266. The molecule has 3 nitrogen and oxygen atoms in total. The van der Waals surface area contributed by atoms with Gasteiger partial charge in [-0.1, -0.05) is 109 Å². The molecule has 1 unspecified atom stereocenters. The molecule has 2 atom stereocenters. The van der Waals surface area contributed by atoms with Gasteiger partial charge in [0.15, 0.2) is 0 Å². The van der Waals surface area contributed by atoms with Crippen LogP contribution in [-0.2, 0) is 25.9 Å². The lowest BCUT2D eigenvalue weighted by atomic mass is 9.80. The average Bonchev–Trinajstić information content (AvgIpc) is 3.40. The van der Waals surface area contributed by atoms with E-state index in [4.69, 9.17) is 9.47 Å². The van der Waals surface area contributed by atoms with Crippen molar-refractivity contribution >= 4 is 10.8 Å². The standard InChI is InChI=1S/C31H28O3S/c1-24-17-19-28(20-18-24)35(32)30-21-22-33-29(30)23-34-31(25-11-5-2-6-12-25,26-13-7-3-8-14-26)27-15-9-4-10-16-27/h2-21,29H,22-23H2,1H3/t29-,35?/m1/s1. The summed E-state index contributed by atoms with van der Waals surface area (Å²) in [4.78, 5) is 1.54. The molecule has 35 heavy (non-hydrogen) atoms. The number of rotatable bonds is 8. The fraction of sp³-hybridized carbons (Fsp3) is 0.161. The van der Waals surface area contributed by atoms with Crippen LogP contribution < -0.4 is 0 Å². The zero-order chi connectivity index (χ0) is 24.1. The lowest BCUT2D eigenvalue weighted by Gasteiger charge is -2.36. The predicted octanol–water partition coefficient (Wildman–Crippen LogP) is 6.39. The summed E-state index contributed by atoms with van der Waals surface area (Å²) in [5.41, 5.74) is 3.38. The molecule has 0 amide bonds. The van der Waals surface area contributed by atoms with Crippen LogP contribution in [0.4, 0.5) is 0 Å². The normalized spacial score (nSPS) is 16.6. The molecule has 1 aliphatic heterocycles. The second-order valence-electron chi connectivity index (χ2n) is 8.60. The second-order valence-corrected chi connectivity index (χ2v) is 10.1. The zero-order valence-electron chi connectivity index (χ0n) is 19.7. The molecule has 0 N–H and O–H groups in total. The molecule has 4 heteroatoms. The lowest BCUT2D eigenvalue weighted by Crippen LogP contribution is -2.36. The van der Waals surface area contributed by atoms with Crippen molar-refractivity contribution < 1.29 is 13.7 Å². The minimum Gasteiger partial charge on any atom is -0.366 e. The van der Waals surface area contributed by atoms with Crippen molar-refractivity contribution in [2.45, 2.75) is 23.5 Å². The molecule has 0 spiro atoms. The van der Waals surface area contributed by atoms with E-state index in [0.29, 0.717) is 6.61 Å². The van der Waals surface area contributed by atoms with Gasteiger partial charge in [-0.25, -0.2) is 4.21 Å². The highest BCUT2D eigenvalue weighted by atomic mass is 32.2. The Morgan fingerprint density at radius 2 is 1.26 bits per heavy atom. The Kier molecular flexibility index (Phi) is 7.05. The molecule has 1 aliphatic rings. The first-order valence-corrected chi connectivity index (χ1v) is 12.9. The molecule has 1 heterocycles. The van der Waals surface area contributed by atoms with Gasteiger partial charge in [0.05, 0.1) is 28.9 Å². The number of hydrogen-bond acceptors (Lipinski definition) is 3. The SMILES string of the molecule is Cc1ccc(S(=O)C2=CCO[C@@H]2COC(c2ccccc2)(c2ccccc2)c2ccccc2)cc1. The molecule has 0 aromatic heterocycles. The molecule has 0 aliphatic carbocycles.